The fourth-order valence-corrected chi connectivity index (χ4v) is 3.74. The minimum Gasteiger partial charge on any atom is -0.456 e. The first-order valence-electron chi connectivity index (χ1n) is 8.88. The van der Waals surface area contributed by atoms with Crippen molar-refractivity contribution in [1.82, 2.24) is 15.2 Å². The van der Waals surface area contributed by atoms with Crippen molar-refractivity contribution >= 4 is 5.91 Å². The van der Waals surface area contributed by atoms with Gasteiger partial charge in [-0.2, -0.15) is 5.26 Å². The van der Waals surface area contributed by atoms with Gasteiger partial charge >= 0.3 is 0 Å². The van der Waals surface area contributed by atoms with E-state index in [0.717, 1.165) is 19.6 Å². The zero-order valence-corrected chi connectivity index (χ0v) is 14.4. The number of pyridine rings is 1. The number of carbonyl (C=O) groups excluding carboxylic acids is 1. The Kier molecular flexibility index (Phi) is 4.55. The van der Waals surface area contributed by atoms with Crippen LogP contribution in [0, 0.1) is 17.2 Å². The van der Waals surface area contributed by atoms with Crippen molar-refractivity contribution in [3.05, 3.63) is 53.9 Å². The summed E-state index contributed by atoms with van der Waals surface area (Å²) in [5.74, 6) is 1.58. The normalized spacial score (nSPS) is 23.9. The molecule has 1 aromatic carbocycles. The Bertz CT molecular complexity index is 836. The molecule has 5 rings (SSSR count). The van der Waals surface area contributed by atoms with Crippen LogP contribution in [-0.2, 0) is 0 Å². The van der Waals surface area contributed by atoms with Gasteiger partial charge in [-0.05, 0) is 56.1 Å². The summed E-state index contributed by atoms with van der Waals surface area (Å²) in [5, 5.41) is 12.3. The van der Waals surface area contributed by atoms with Crippen LogP contribution in [0.3, 0.4) is 0 Å². The Morgan fingerprint density at radius 2 is 2.00 bits per heavy atom. The number of amides is 1. The fraction of sp³-hybridized carbons (Fsp3) is 0.350. The van der Waals surface area contributed by atoms with Crippen LogP contribution in [0.1, 0.15) is 28.8 Å². The SMILES string of the molecule is N#Cc1cnccc1Oc1ccc(C(=O)N[C@H]2CN3CCC2CC3)cc1. The highest BCUT2D eigenvalue weighted by Crippen LogP contribution is 2.28. The van der Waals surface area contributed by atoms with Gasteiger partial charge in [0.05, 0.1) is 0 Å². The average Bonchev–Trinajstić information content (AvgIpc) is 2.70. The monoisotopic (exact) mass is 348 g/mol. The predicted molar refractivity (Wildman–Crippen MR) is 95.9 cm³/mol. The van der Waals surface area contributed by atoms with Crippen molar-refractivity contribution in [1.29, 1.82) is 5.26 Å². The van der Waals surface area contributed by atoms with Gasteiger partial charge in [-0.3, -0.25) is 9.78 Å². The van der Waals surface area contributed by atoms with E-state index in [0.29, 0.717) is 28.5 Å². The van der Waals surface area contributed by atoms with Crippen LogP contribution in [0.4, 0.5) is 0 Å². The first-order valence-corrected chi connectivity index (χ1v) is 8.88. The van der Waals surface area contributed by atoms with E-state index in [1.165, 1.54) is 19.0 Å². The highest BCUT2D eigenvalue weighted by atomic mass is 16.5. The van der Waals surface area contributed by atoms with Crippen molar-refractivity contribution in [2.45, 2.75) is 18.9 Å². The second-order valence-electron chi connectivity index (χ2n) is 6.83. The summed E-state index contributed by atoms with van der Waals surface area (Å²) in [6, 6.07) is 10.9. The number of fused-ring (bicyclic) bond motifs is 3. The summed E-state index contributed by atoms with van der Waals surface area (Å²) >= 11 is 0. The third kappa shape index (κ3) is 3.39. The third-order valence-electron chi connectivity index (χ3n) is 5.22. The molecule has 0 aliphatic carbocycles. The molecule has 3 aliphatic rings. The highest BCUT2D eigenvalue weighted by Gasteiger charge is 2.34. The molecule has 26 heavy (non-hydrogen) atoms. The molecule has 1 N–H and O–H groups in total. The van der Waals surface area contributed by atoms with Crippen LogP contribution < -0.4 is 10.1 Å². The topological polar surface area (TPSA) is 78.2 Å². The number of benzene rings is 1. The van der Waals surface area contributed by atoms with Gasteiger partial charge in [0.2, 0.25) is 0 Å². The van der Waals surface area contributed by atoms with Crippen LogP contribution in [0.2, 0.25) is 0 Å². The number of nitrogens with zero attached hydrogens (tertiary/aromatic N) is 3. The third-order valence-corrected chi connectivity index (χ3v) is 5.22. The lowest BCUT2D eigenvalue weighted by atomic mass is 9.84. The summed E-state index contributed by atoms with van der Waals surface area (Å²) in [4.78, 5) is 18.9. The molecule has 2 bridgehead atoms. The van der Waals surface area contributed by atoms with Crippen LogP contribution in [0.5, 0.6) is 11.5 Å². The van der Waals surface area contributed by atoms with Crippen molar-refractivity contribution in [2.24, 2.45) is 5.92 Å². The van der Waals surface area contributed by atoms with E-state index in [4.69, 9.17) is 10.00 Å². The smallest absolute Gasteiger partial charge is 0.251 e. The molecule has 3 fully saturated rings. The number of carbonyl (C=O) groups is 1. The summed E-state index contributed by atoms with van der Waals surface area (Å²) < 4.78 is 5.72. The summed E-state index contributed by atoms with van der Waals surface area (Å²) in [5.41, 5.74) is 0.987. The van der Waals surface area contributed by atoms with Crippen LogP contribution in [0.25, 0.3) is 0 Å². The minimum absolute atomic E-state index is 0.0445. The zero-order chi connectivity index (χ0) is 17.9. The maximum atomic E-state index is 12.5. The zero-order valence-electron chi connectivity index (χ0n) is 14.4. The lowest BCUT2D eigenvalue weighted by Crippen LogP contribution is -2.57. The Morgan fingerprint density at radius 3 is 2.65 bits per heavy atom. The molecule has 132 valence electrons. The second-order valence-corrected chi connectivity index (χ2v) is 6.83. The van der Waals surface area contributed by atoms with E-state index in [9.17, 15) is 4.79 Å². The van der Waals surface area contributed by atoms with E-state index in [2.05, 4.69) is 15.2 Å². The molecule has 6 heteroatoms. The molecule has 4 heterocycles. The molecule has 1 amide bonds. The van der Waals surface area contributed by atoms with Crippen LogP contribution in [0.15, 0.2) is 42.7 Å². The van der Waals surface area contributed by atoms with Gasteiger partial charge in [0.1, 0.15) is 23.1 Å². The number of aromatic nitrogens is 1. The highest BCUT2D eigenvalue weighted by molar-refractivity contribution is 5.94. The Morgan fingerprint density at radius 1 is 1.23 bits per heavy atom. The van der Waals surface area contributed by atoms with Crippen molar-refractivity contribution in [3.63, 3.8) is 0 Å². The molecule has 3 saturated heterocycles. The number of nitrogens with one attached hydrogen (secondary N) is 1. The molecule has 1 aromatic heterocycles. The quantitative estimate of drug-likeness (QED) is 0.919. The fourth-order valence-electron chi connectivity index (χ4n) is 3.74. The molecule has 0 spiro atoms. The molecule has 2 aromatic rings. The van der Waals surface area contributed by atoms with Gasteiger partial charge in [-0.15, -0.1) is 0 Å². The standard InChI is InChI=1S/C20H20N4O2/c21-11-16-12-22-8-5-19(16)26-17-3-1-15(2-4-17)20(25)23-18-13-24-9-6-14(18)7-10-24/h1-5,8,12,14,18H,6-7,9-10,13H2,(H,23,25)/t18-/m0/s1. The largest absolute Gasteiger partial charge is 0.456 e. The van der Waals surface area contributed by atoms with E-state index in [1.54, 1.807) is 36.5 Å². The van der Waals surface area contributed by atoms with Crippen LogP contribution >= 0.6 is 0 Å². The maximum Gasteiger partial charge on any atom is 0.251 e. The first kappa shape index (κ1) is 16.6. The number of rotatable bonds is 4. The summed E-state index contributed by atoms with van der Waals surface area (Å²) in [6.45, 7) is 3.27. The lowest BCUT2D eigenvalue weighted by molar-refractivity contribution is 0.0620. The Labute approximate surface area is 152 Å². The van der Waals surface area contributed by atoms with Crippen molar-refractivity contribution in [2.75, 3.05) is 19.6 Å². The van der Waals surface area contributed by atoms with E-state index in [1.807, 2.05) is 6.07 Å². The maximum absolute atomic E-state index is 12.5. The predicted octanol–water partition coefficient (Wildman–Crippen LogP) is 2.57. The lowest BCUT2D eigenvalue weighted by Gasteiger charge is -2.44. The van der Waals surface area contributed by atoms with Gasteiger partial charge < -0.3 is 15.0 Å². The van der Waals surface area contributed by atoms with E-state index >= 15 is 0 Å². The molecule has 3 aliphatic heterocycles. The van der Waals surface area contributed by atoms with E-state index < -0.39 is 0 Å². The number of piperidine rings is 3. The van der Waals surface area contributed by atoms with Gasteiger partial charge in [-0.25, -0.2) is 0 Å². The van der Waals surface area contributed by atoms with Gasteiger partial charge in [0, 0.05) is 36.6 Å². The molecule has 1 atom stereocenters. The van der Waals surface area contributed by atoms with Crippen molar-refractivity contribution < 1.29 is 9.53 Å². The Balaban J connectivity index is 1.41. The molecule has 0 radical (unpaired) electrons. The van der Waals surface area contributed by atoms with E-state index in [-0.39, 0.29) is 11.9 Å². The Hall–Kier alpha value is -2.91. The first-order chi connectivity index (χ1) is 12.7. The number of ether oxygens (including phenoxy) is 1. The number of hydrogen-bond acceptors (Lipinski definition) is 5. The molecule has 6 nitrogen and oxygen atoms in total. The second kappa shape index (κ2) is 7.14. The average molecular weight is 348 g/mol. The number of nitriles is 1. The van der Waals surface area contributed by atoms with Gasteiger partial charge in [0.15, 0.2) is 0 Å². The van der Waals surface area contributed by atoms with Gasteiger partial charge in [-0.1, -0.05) is 0 Å². The summed E-state index contributed by atoms with van der Waals surface area (Å²) in [7, 11) is 0. The minimum atomic E-state index is -0.0445. The summed E-state index contributed by atoms with van der Waals surface area (Å²) in [6.07, 6.45) is 5.38. The molecule has 0 unspecified atom stereocenters. The number of hydrogen-bond donors (Lipinski definition) is 1. The van der Waals surface area contributed by atoms with Crippen molar-refractivity contribution in [3.8, 4) is 17.6 Å². The molecular weight excluding hydrogens is 328 g/mol. The molecular formula is C20H20N4O2. The van der Waals surface area contributed by atoms with Gasteiger partial charge in [0.25, 0.3) is 5.91 Å². The molecule has 0 saturated carbocycles. The van der Waals surface area contributed by atoms with Crippen LogP contribution in [-0.4, -0.2) is 41.5 Å².